The summed E-state index contributed by atoms with van der Waals surface area (Å²) in [7, 11) is 0. The van der Waals surface area contributed by atoms with Gasteiger partial charge < -0.3 is 10.5 Å². The molecule has 0 radical (unpaired) electrons. The van der Waals surface area contributed by atoms with Gasteiger partial charge in [-0.15, -0.1) is 0 Å². The van der Waals surface area contributed by atoms with Crippen LogP contribution in [0.25, 0.3) is 0 Å². The Balaban J connectivity index is 2.53. The maximum Gasteiger partial charge on any atom is 0.119 e. The van der Waals surface area contributed by atoms with Crippen LogP contribution in [0.3, 0.4) is 0 Å². The van der Waals surface area contributed by atoms with Crippen LogP contribution in [-0.2, 0) is 0 Å². The second-order valence-corrected chi connectivity index (χ2v) is 3.75. The number of hydrogen-bond acceptors (Lipinski definition) is 2. The number of benzene rings is 1. The maximum atomic E-state index is 5.75. The van der Waals surface area contributed by atoms with Crippen LogP contribution in [0.15, 0.2) is 36.4 Å². The topological polar surface area (TPSA) is 35.2 Å². The average molecular weight is 205 g/mol. The van der Waals surface area contributed by atoms with Gasteiger partial charge in [0.25, 0.3) is 0 Å². The fourth-order valence-electron chi connectivity index (χ4n) is 1.16. The van der Waals surface area contributed by atoms with Crippen LogP contribution in [0, 0.1) is 0 Å². The normalized spacial score (nSPS) is 12.2. The minimum atomic E-state index is 0.0738. The summed E-state index contributed by atoms with van der Waals surface area (Å²) >= 11 is 0. The zero-order chi connectivity index (χ0) is 11.3. The maximum absolute atomic E-state index is 5.75. The minimum absolute atomic E-state index is 0.0738. The van der Waals surface area contributed by atoms with Gasteiger partial charge in [-0.1, -0.05) is 25.6 Å². The Hall–Kier alpha value is -1.28. The molecule has 1 unspecified atom stereocenters. The summed E-state index contributed by atoms with van der Waals surface area (Å²) in [5.41, 5.74) is 7.98. The number of ether oxygens (including phenoxy) is 1. The van der Waals surface area contributed by atoms with E-state index in [4.69, 9.17) is 10.5 Å². The van der Waals surface area contributed by atoms with E-state index >= 15 is 0 Å². The van der Waals surface area contributed by atoms with Gasteiger partial charge in [0, 0.05) is 6.04 Å². The Bertz CT molecular complexity index is 314. The molecule has 1 rings (SSSR count). The molecule has 0 saturated carbocycles. The summed E-state index contributed by atoms with van der Waals surface area (Å²) in [6.07, 6.45) is 0.956. The first-order valence-electron chi connectivity index (χ1n) is 5.28. The first-order valence-corrected chi connectivity index (χ1v) is 5.28. The third kappa shape index (κ3) is 3.76. The highest BCUT2D eigenvalue weighted by atomic mass is 16.5. The molecule has 0 amide bonds. The summed E-state index contributed by atoms with van der Waals surface area (Å²) < 4.78 is 5.55. The van der Waals surface area contributed by atoms with Crippen molar-refractivity contribution in [3.63, 3.8) is 0 Å². The predicted molar refractivity (Wildman–Crippen MR) is 64.0 cm³/mol. The molecule has 0 aliphatic carbocycles. The van der Waals surface area contributed by atoms with E-state index in [-0.39, 0.29) is 6.04 Å². The molecule has 1 aromatic carbocycles. The Kier molecular flexibility index (Phi) is 4.37. The fraction of sp³-hybridized carbons (Fsp3) is 0.385. The Morgan fingerprint density at radius 2 is 2.00 bits per heavy atom. The molecule has 15 heavy (non-hydrogen) atoms. The molecule has 2 nitrogen and oxygen atoms in total. The van der Waals surface area contributed by atoms with Gasteiger partial charge in [-0.3, -0.25) is 0 Å². The molecule has 0 spiro atoms. The third-order valence-electron chi connectivity index (χ3n) is 2.35. The van der Waals surface area contributed by atoms with Gasteiger partial charge in [0.15, 0.2) is 0 Å². The summed E-state index contributed by atoms with van der Waals surface area (Å²) in [5.74, 6) is 0.869. The molecule has 0 heterocycles. The van der Waals surface area contributed by atoms with Gasteiger partial charge in [-0.2, -0.15) is 0 Å². The van der Waals surface area contributed by atoms with Crippen molar-refractivity contribution < 1.29 is 4.74 Å². The summed E-state index contributed by atoms with van der Waals surface area (Å²) in [6, 6.07) is 7.96. The molecule has 0 aromatic heterocycles. The van der Waals surface area contributed by atoms with E-state index < -0.39 is 0 Å². The van der Waals surface area contributed by atoms with Crippen molar-refractivity contribution in [2.45, 2.75) is 26.3 Å². The largest absolute Gasteiger partial charge is 0.489 e. The van der Waals surface area contributed by atoms with E-state index in [2.05, 4.69) is 13.5 Å². The van der Waals surface area contributed by atoms with E-state index in [9.17, 15) is 0 Å². The van der Waals surface area contributed by atoms with Gasteiger partial charge >= 0.3 is 0 Å². The molecular weight excluding hydrogens is 186 g/mol. The van der Waals surface area contributed by atoms with Crippen molar-refractivity contribution in [1.29, 1.82) is 0 Å². The molecule has 0 aliphatic heterocycles. The lowest BCUT2D eigenvalue weighted by molar-refractivity contribution is 0.349. The molecule has 1 atom stereocenters. The molecular formula is C13H19NO. The molecule has 82 valence electrons. The highest BCUT2D eigenvalue weighted by Gasteiger charge is 1.99. The second kappa shape index (κ2) is 5.56. The van der Waals surface area contributed by atoms with Gasteiger partial charge in [-0.05, 0) is 36.6 Å². The van der Waals surface area contributed by atoms with Crippen molar-refractivity contribution in [3.05, 3.63) is 42.0 Å². The van der Waals surface area contributed by atoms with E-state index in [1.54, 1.807) is 0 Å². The molecule has 2 N–H and O–H groups in total. The molecule has 0 saturated heterocycles. The second-order valence-electron chi connectivity index (χ2n) is 3.75. The van der Waals surface area contributed by atoms with Crippen LogP contribution in [0.2, 0.25) is 0 Å². The monoisotopic (exact) mass is 205 g/mol. The standard InChI is InChI=1S/C13H19NO/c1-4-10(2)9-15-13-7-5-12(6-8-13)11(3)14/h5-8,11H,2,4,9,14H2,1,3H3. The highest BCUT2D eigenvalue weighted by molar-refractivity contribution is 5.29. The first kappa shape index (κ1) is 11.8. The SMILES string of the molecule is C=C(CC)COc1ccc(C(C)N)cc1. The lowest BCUT2D eigenvalue weighted by Crippen LogP contribution is -2.05. The van der Waals surface area contributed by atoms with Crippen LogP contribution >= 0.6 is 0 Å². The Labute approximate surface area is 91.7 Å². The first-order chi connectivity index (χ1) is 7.13. The van der Waals surface area contributed by atoms with Gasteiger partial charge in [0.1, 0.15) is 12.4 Å². The van der Waals surface area contributed by atoms with Crippen molar-refractivity contribution in [1.82, 2.24) is 0 Å². The molecule has 2 heteroatoms. The molecule has 1 aromatic rings. The van der Waals surface area contributed by atoms with Crippen LogP contribution in [0.1, 0.15) is 31.9 Å². The lowest BCUT2D eigenvalue weighted by Gasteiger charge is -2.09. The van der Waals surface area contributed by atoms with E-state index in [1.807, 2.05) is 31.2 Å². The molecule has 0 fully saturated rings. The van der Waals surface area contributed by atoms with Crippen molar-refractivity contribution >= 4 is 0 Å². The number of hydrogen-bond donors (Lipinski definition) is 1. The lowest BCUT2D eigenvalue weighted by atomic mass is 10.1. The van der Waals surface area contributed by atoms with Gasteiger partial charge in [0.05, 0.1) is 0 Å². The molecule has 0 aliphatic rings. The van der Waals surface area contributed by atoms with Gasteiger partial charge in [0.2, 0.25) is 0 Å². The minimum Gasteiger partial charge on any atom is -0.489 e. The summed E-state index contributed by atoms with van der Waals surface area (Å²) in [4.78, 5) is 0. The Morgan fingerprint density at radius 1 is 1.40 bits per heavy atom. The van der Waals surface area contributed by atoms with Crippen molar-refractivity contribution in [2.24, 2.45) is 5.73 Å². The zero-order valence-corrected chi connectivity index (χ0v) is 9.49. The summed E-state index contributed by atoms with van der Waals surface area (Å²) in [5, 5.41) is 0. The van der Waals surface area contributed by atoms with Crippen LogP contribution < -0.4 is 10.5 Å². The van der Waals surface area contributed by atoms with Crippen LogP contribution in [-0.4, -0.2) is 6.61 Å². The summed E-state index contributed by atoms with van der Waals surface area (Å²) in [6.45, 7) is 8.52. The fourth-order valence-corrected chi connectivity index (χ4v) is 1.16. The van der Waals surface area contributed by atoms with Gasteiger partial charge in [-0.25, -0.2) is 0 Å². The Morgan fingerprint density at radius 3 is 2.47 bits per heavy atom. The number of nitrogens with two attached hydrogens (primary N) is 1. The van der Waals surface area contributed by atoms with Crippen molar-refractivity contribution in [3.8, 4) is 5.75 Å². The van der Waals surface area contributed by atoms with E-state index in [0.29, 0.717) is 6.61 Å². The van der Waals surface area contributed by atoms with Crippen molar-refractivity contribution in [2.75, 3.05) is 6.61 Å². The van der Waals surface area contributed by atoms with Crippen LogP contribution in [0.4, 0.5) is 0 Å². The third-order valence-corrected chi connectivity index (χ3v) is 2.35. The van der Waals surface area contributed by atoms with Crippen LogP contribution in [0.5, 0.6) is 5.75 Å². The molecule has 0 bridgehead atoms. The zero-order valence-electron chi connectivity index (χ0n) is 9.49. The quantitative estimate of drug-likeness (QED) is 0.750. The van der Waals surface area contributed by atoms with E-state index in [1.165, 1.54) is 0 Å². The smallest absolute Gasteiger partial charge is 0.119 e. The predicted octanol–water partition coefficient (Wildman–Crippen LogP) is 3.05. The van der Waals surface area contributed by atoms with E-state index in [0.717, 1.165) is 23.3 Å². The average Bonchev–Trinajstić information content (AvgIpc) is 2.26. The highest BCUT2D eigenvalue weighted by Crippen LogP contribution is 2.16. The number of rotatable bonds is 5.